The van der Waals surface area contributed by atoms with Crippen LogP contribution in [-0.2, 0) is 21.2 Å². The molecule has 1 saturated heterocycles. The molecule has 1 amide bonds. The maximum atomic E-state index is 13.7. The molecule has 29 heavy (non-hydrogen) atoms. The Morgan fingerprint density at radius 3 is 2.24 bits per heavy atom. The van der Waals surface area contributed by atoms with Crippen molar-refractivity contribution >= 4 is 21.6 Å². The normalized spacial score (nSPS) is 15.9. The molecule has 0 bridgehead atoms. The molecule has 0 atom stereocenters. The molecule has 8 heteroatoms. The van der Waals surface area contributed by atoms with Crippen LogP contribution in [-0.4, -0.2) is 37.5 Å². The third-order valence-electron chi connectivity index (χ3n) is 5.14. The highest BCUT2D eigenvalue weighted by Crippen LogP contribution is 2.24. The van der Waals surface area contributed by atoms with Gasteiger partial charge in [0.25, 0.3) is 0 Å². The largest absolute Gasteiger partial charge is 0.321 e. The molecule has 0 radical (unpaired) electrons. The summed E-state index contributed by atoms with van der Waals surface area (Å²) in [6.07, 6.45) is 1.85. The van der Waals surface area contributed by atoms with E-state index in [-0.39, 0.29) is 18.8 Å². The van der Waals surface area contributed by atoms with Gasteiger partial charge in [0.15, 0.2) is 0 Å². The first-order chi connectivity index (χ1) is 13.9. The molecule has 2 aromatic carbocycles. The van der Waals surface area contributed by atoms with Gasteiger partial charge in [0.05, 0.1) is 5.75 Å². The van der Waals surface area contributed by atoms with Gasteiger partial charge in [0.1, 0.15) is 17.3 Å². The average molecular weight is 422 g/mol. The lowest BCUT2D eigenvalue weighted by Gasteiger charge is -2.30. The molecule has 0 spiro atoms. The van der Waals surface area contributed by atoms with E-state index in [0.717, 1.165) is 17.7 Å². The number of aryl methyl sites for hydroxylation is 1. The molecule has 3 rings (SSSR count). The molecule has 1 fully saturated rings. The van der Waals surface area contributed by atoms with Crippen LogP contribution in [0.25, 0.3) is 0 Å². The zero-order valence-corrected chi connectivity index (χ0v) is 16.8. The summed E-state index contributed by atoms with van der Waals surface area (Å²) in [7, 11) is -3.39. The number of para-hydroxylation sites is 1. The van der Waals surface area contributed by atoms with E-state index in [4.69, 9.17) is 0 Å². The van der Waals surface area contributed by atoms with Gasteiger partial charge >= 0.3 is 0 Å². The van der Waals surface area contributed by atoms with Gasteiger partial charge in [-0.1, -0.05) is 36.4 Å². The second kappa shape index (κ2) is 9.45. The summed E-state index contributed by atoms with van der Waals surface area (Å²) in [4.78, 5) is 12.3. The average Bonchev–Trinajstić information content (AvgIpc) is 2.71. The highest BCUT2D eigenvalue weighted by molar-refractivity contribution is 7.89. The van der Waals surface area contributed by atoms with Crippen LogP contribution in [0, 0.1) is 17.6 Å². The third-order valence-corrected chi connectivity index (χ3v) is 7.10. The van der Waals surface area contributed by atoms with E-state index < -0.39 is 39.2 Å². The first kappa shape index (κ1) is 21.4. The molecule has 1 heterocycles. The minimum atomic E-state index is -3.39. The summed E-state index contributed by atoms with van der Waals surface area (Å²) in [5.74, 6) is -2.59. The Morgan fingerprint density at radius 2 is 1.62 bits per heavy atom. The van der Waals surface area contributed by atoms with Crippen LogP contribution < -0.4 is 5.32 Å². The molecule has 5 nitrogen and oxygen atoms in total. The van der Waals surface area contributed by atoms with Gasteiger partial charge in [0, 0.05) is 19.0 Å². The molecule has 0 aromatic heterocycles. The molecular weight excluding hydrogens is 398 g/mol. The molecule has 1 aliphatic heterocycles. The van der Waals surface area contributed by atoms with Gasteiger partial charge in [-0.3, -0.25) is 4.79 Å². The fourth-order valence-corrected chi connectivity index (χ4v) is 5.01. The van der Waals surface area contributed by atoms with Gasteiger partial charge in [-0.05, 0) is 43.4 Å². The second-order valence-electron chi connectivity index (χ2n) is 7.16. The van der Waals surface area contributed by atoms with Crippen molar-refractivity contribution in [1.29, 1.82) is 0 Å². The summed E-state index contributed by atoms with van der Waals surface area (Å²) in [5.41, 5.74) is 0.631. The van der Waals surface area contributed by atoms with E-state index in [9.17, 15) is 22.0 Å². The summed E-state index contributed by atoms with van der Waals surface area (Å²) < 4.78 is 53.9. The topological polar surface area (TPSA) is 66.5 Å². The van der Waals surface area contributed by atoms with Crippen molar-refractivity contribution in [2.75, 3.05) is 24.2 Å². The lowest BCUT2D eigenvalue weighted by molar-refractivity contribution is -0.121. The van der Waals surface area contributed by atoms with Crippen LogP contribution in [0.5, 0.6) is 0 Å². The number of sulfonamides is 1. The number of hydrogen-bond donors (Lipinski definition) is 1. The predicted molar refractivity (Wildman–Crippen MR) is 108 cm³/mol. The van der Waals surface area contributed by atoms with Gasteiger partial charge in [-0.25, -0.2) is 21.5 Å². The van der Waals surface area contributed by atoms with Crippen LogP contribution in [0.4, 0.5) is 14.5 Å². The lowest BCUT2D eigenvalue weighted by Crippen LogP contribution is -2.42. The van der Waals surface area contributed by atoms with Crippen LogP contribution in [0.2, 0.25) is 0 Å². The number of hydrogen-bond acceptors (Lipinski definition) is 3. The van der Waals surface area contributed by atoms with Crippen molar-refractivity contribution in [3.05, 3.63) is 65.7 Å². The molecule has 2 aromatic rings. The van der Waals surface area contributed by atoms with Gasteiger partial charge < -0.3 is 5.32 Å². The predicted octanol–water partition coefficient (Wildman–Crippen LogP) is 3.58. The number of rotatable bonds is 7. The van der Waals surface area contributed by atoms with Crippen molar-refractivity contribution in [3.8, 4) is 0 Å². The highest BCUT2D eigenvalue weighted by atomic mass is 32.2. The number of carbonyl (C=O) groups is 1. The Balaban J connectivity index is 1.49. The van der Waals surface area contributed by atoms with Crippen molar-refractivity contribution in [2.24, 2.45) is 5.92 Å². The van der Waals surface area contributed by atoms with Crippen molar-refractivity contribution in [1.82, 2.24) is 4.31 Å². The van der Waals surface area contributed by atoms with Crippen LogP contribution >= 0.6 is 0 Å². The Hall–Kier alpha value is -2.32. The molecule has 0 saturated carbocycles. The minimum absolute atomic E-state index is 0.0548. The van der Waals surface area contributed by atoms with E-state index in [1.165, 1.54) is 10.4 Å². The van der Waals surface area contributed by atoms with E-state index in [2.05, 4.69) is 5.32 Å². The van der Waals surface area contributed by atoms with Gasteiger partial charge in [-0.15, -0.1) is 0 Å². The van der Waals surface area contributed by atoms with E-state index >= 15 is 0 Å². The number of amides is 1. The van der Waals surface area contributed by atoms with Crippen molar-refractivity contribution in [2.45, 2.75) is 25.7 Å². The number of benzene rings is 2. The minimum Gasteiger partial charge on any atom is -0.321 e. The molecule has 156 valence electrons. The van der Waals surface area contributed by atoms with Gasteiger partial charge in [-0.2, -0.15) is 0 Å². The fraction of sp³-hybridized carbons (Fsp3) is 0.381. The fourth-order valence-electron chi connectivity index (χ4n) is 3.47. The zero-order valence-electron chi connectivity index (χ0n) is 16.0. The maximum absolute atomic E-state index is 13.7. The SMILES string of the molecule is O=C(Nc1c(F)cccc1F)C1CCN(S(=O)(=O)CCCc2ccccc2)CC1. The number of nitrogens with one attached hydrogen (secondary N) is 1. The molecule has 1 N–H and O–H groups in total. The summed E-state index contributed by atoms with van der Waals surface area (Å²) >= 11 is 0. The third kappa shape index (κ3) is 5.61. The van der Waals surface area contributed by atoms with Crippen LogP contribution in [0.3, 0.4) is 0 Å². The summed E-state index contributed by atoms with van der Waals surface area (Å²) in [5, 5.41) is 2.30. The van der Waals surface area contributed by atoms with E-state index in [1.54, 1.807) is 0 Å². The van der Waals surface area contributed by atoms with E-state index in [0.29, 0.717) is 25.7 Å². The monoisotopic (exact) mass is 422 g/mol. The summed E-state index contributed by atoms with van der Waals surface area (Å²) in [6.45, 7) is 0.455. The Morgan fingerprint density at radius 1 is 1.00 bits per heavy atom. The maximum Gasteiger partial charge on any atom is 0.227 e. The lowest BCUT2D eigenvalue weighted by atomic mass is 9.97. The van der Waals surface area contributed by atoms with Crippen molar-refractivity contribution in [3.63, 3.8) is 0 Å². The Labute approximate surface area is 169 Å². The quantitative estimate of drug-likeness (QED) is 0.742. The smallest absolute Gasteiger partial charge is 0.227 e. The first-order valence-corrected chi connectivity index (χ1v) is 11.2. The van der Waals surface area contributed by atoms with Crippen molar-refractivity contribution < 1.29 is 22.0 Å². The van der Waals surface area contributed by atoms with Gasteiger partial charge in [0.2, 0.25) is 15.9 Å². The number of anilines is 1. The Bertz CT molecular complexity index is 923. The summed E-state index contributed by atoms with van der Waals surface area (Å²) in [6, 6.07) is 13.1. The standard InChI is InChI=1S/C21H24F2N2O3S/c22-18-9-4-10-19(23)20(18)24-21(26)17-11-13-25(14-12-17)29(27,28)15-5-8-16-6-2-1-3-7-16/h1-4,6-7,9-10,17H,5,8,11-15H2,(H,24,26). The molecule has 0 unspecified atom stereocenters. The van der Waals surface area contributed by atoms with Crippen LogP contribution in [0.1, 0.15) is 24.8 Å². The zero-order chi connectivity index (χ0) is 20.9. The first-order valence-electron chi connectivity index (χ1n) is 9.63. The molecule has 1 aliphatic rings. The second-order valence-corrected chi connectivity index (χ2v) is 9.25. The number of halogens is 2. The molecule has 0 aliphatic carbocycles. The highest BCUT2D eigenvalue weighted by Gasteiger charge is 2.31. The molecular formula is C21H24F2N2O3S. The number of nitrogens with zero attached hydrogens (tertiary/aromatic N) is 1. The van der Waals surface area contributed by atoms with E-state index in [1.807, 2.05) is 30.3 Å². The Kier molecular flexibility index (Phi) is 6.97. The van der Waals surface area contributed by atoms with Crippen LogP contribution in [0.15, 0.2) is 48.5 Å². The number of carbonyl (C=O) groups excluding carboxylic acids is 1. The number of piperidine rings is 1.